The van der Waals surface area contributed by atoms with Crippen LogP contribution in [-0.2, 0) is 4.79 Å². The van der Waals surface area contributed by atoms with Crippen LogP contribution in [-0.4, -0.2) is 30.8 Å². The highest BCUT2D eigenvalue weighted by Gasteiger charge is 2.14. The molecule has 0 aliphatic carbocycles. The lowest BCUT2D eigenvalue weighted by Crippen LogP contribution is -2.20. The maximum Gasteiger partial charge on any atom is 0.300 e. The van der Waals surface area contributed by atoms with Gasteiger partial charge in [-0.05, 0) is 36.4 Å². The second kappa shape index (κ2) is 8.06. The summed E-state index contributed by atoms with van der Waals surface area (Å²) in [6.45, 7) is 0. The summed E-state index contributed by atoms with van der Waals surface area (Å²) in [5, 5.41) is 11.5. The summed E-state index contributed by atoms with van der Waals surface area (Å²) in [4.78, 5) is 24.9. The molecule has 2 heterocycles. The molecule has 7 nitrogen and oxygen atoms in total. The number of carbonyl (C=O) groups is 1. The molecule has 0 atom stereocenters. The predicted molar refractivity (Wildman–Crippen MR) is 109 cm³/mol. The van der Waals surface area contributed by atoms with Crippen molar-refractivity contribution in [2.24, 2.45) is 0 Å². The minimum Gasteiger partial charge on any atom is -0.324 e. The molecule has 0 unspecified atom stereocenters. The molecule has 0 spiro atoms. The van der Waals surface area contributed by atoms with Gasteiger partial charge in [0.15, 0.2) is 5.16 Å². The van der Waals surface area contributed by atoms with Gasteiger partial charge in [-0.15, -0.1) is 10.2 Å². The molecule has 0 saturated heterocycles. The number of thioether (sulfide) groups is 1. The number of rotatable bonds is 5. The lowest BCUT2D eigenvalue weighted by Gasteiger charge is -2.07. The van der Waals surface area contributed by atoms with Gasteiger partial charge in [0, 0.05) is 18.1 Å². The molecule has 2 aromatic carbocycles. The molecule has 0 saturated carbocycles. The zero-order chi connectivity index (χ0) is 20.4. The molecular formula is C19H13ClFN5O2S. The normalized spacial score (nSPS) is 11.0. The molecule has 0 aliphatic heterocycles. The van der Waals surface area contributed by atoms with Crippen molar-refractivity contribution in [3.8, 4) is 5.69 Å². The van der Waals surface area contributed by atoms with E-state index >= 15 is 0 Å². The van der Waals surface area contributed by atoms with E-state index in [1.54, 1.807) is 36.7 Å². The number of nitrogens with zero attached hydrogens (tertiary/aromatic N) is 4. The average molecular weight is 430 g/mol. The molecule has 1 N–H and O–H groups in total. The van der Waals surface area contributed by atoms with Crippen LogP contribution in [0.2, 0.25) is 5.02 Å². The van der Waals surface area contributed by atoms with Crippen LogP contribution in [0.15, 0.2) is 70.9 Å². The molecule has 0 fully saturated rings. The number of hydrogen-bond acceptors (Lipinski definition) is 5. The highest BCUT2D eigenvalue weighted by Crippen LogP contribution is 2.22. The summed E-state index contributed by atoms with van der Waals surface area (Å²) >= 11 is 7.17. The molecule has 4 aromatic rings. The summed E-state index contributed by atoms with van der Waals surface area (Å²) < 4.78 is 16.0. The van der Waals surface area contributed by atoms with E-state index in [1.165, 1.54) is 33.2 Å². The second-order valence-corrected chi connectivity index (χ2v) is 7.29. The summed E-state index contributed by atoms with van der Waals surface area (Å²) in [5.41, 5.74) is 0.730. The molecule has 0 bridgehead atoms. The number of nitrogens with one attached hydrogen (secondary N) is 1. The number of benzene rings is 2. The average Bonchev–Trinajstić information content (AvgIpc) is 3.13. The summed E-state index contributed by atoms with van der Waals surface area (Å²) in [5.74, 6) is -0.591. The zero-order valence-corrected chi connectivity index (χ0v) is 16.3. The van der Waals surface area contributed by atoms with Crippen molar-refractivity contribution < 1.29 is 9.18 Å². The molecule has 1 amide bonds. The smallest absolute Gasteiger partial charge is 0.300 e. The Kier molecular flexibility index (Phi) is 5.32. The highest BCUT2D eigenvalue weighted by atomic mass is 35.5. The summed E-state index contributed by atoms with van der Waals surface area (Å²) in [7, 11) is 0. The first-order valence-electron chi connectivity index (χ1n) is 8.42. The van der Waals surface area contributed by atoms with E-state index in [0.717, 1.165) is 11.8 Å². The van der Waals surface area contributed by atoms with E-state index in [9.17, 15) is 14.0 Å². The SMILES string of the molecule is O=C(CSc1nnc2c(=O)n(-c3ccc(F)cc3)ccn12)Nc1ccccc1Cl. The van der Waals surface area contributed by atoms with Crippen molar-refractivity contribution in [3.63, 3.8) is 0 Å². The lowest BCUT2D eigenvalue weighted by molar-refractivity contribution is -0.113. The number of anilines is 1. The first-order chi connectivity index (χ1) is 14.0. The minimum absolute atomic E-state index is 0.0626. The Hall–Kier alpha value is -3.17. The molecule has 29 heavy (non-hydrogen) atoms. The molecule has 2 aromatic heterocycles. The number of aromatic nitrogens is 4. The third kappa shape index (κ3) is 4.01. The van der Waals surface area contributed by atoms with Crippen LogP contribution >= 0.6 is 23.4 Å². The first kappa shape index (κ1) is 19.2. The van der Waals surface area contributed by atoms with Gasteiger partial charge < -0.3 is 5.32 Å². The van der Waals surface area contributed by atoms with Gasteiger partial charge in [-0.2, -0.15) is 0 Å². The van der Waals surface area contributed by atoms with E-state index in [-0.39, 0.29) is 23.1 Å². The van der Waals surface area contributed by atoms with Crippen LogP contribution in [0.1, 0.15) is 0 Å². The number of para-hydroxylation sites is 1. The number of amides is 1. The van der Waals surface area contributed by atoms with E-state index in [2.05, 4.69) is 15.5 Å². The fourth-order valence-corrected chi connectivity index (χ4v) is 3.55. The number of hydrogen-bond donors (Lipinski definition) is 1. The number of fused-ring (bicyclic) bond motifs is 1. The molecule has 0 aliphatic rings. The van der Waals surface area contributed by atoms with Crippen molar-refractivity contribution in [1.29, 1.82) is 0 Å². The number of halogens is 2. The fourth-order valence-electron chi connectivity index (χ4n) is 2.65. The molecule has 146 valence electrons. The van der Waals surface area contributed by atoms with Crippen molar-refractivity contribution in [2.75, 3.05) is 11.1 Å². The van der Waals surface area contributed by atoms with Crippen LogP contribution in [0.5, 0.6) is 0 Å². The van der Waals surface area contributed by atoms with E-state index < -0.39 is 5.56 Å². The first-order valence-corrected chi connectivity index (χ1v) is 9.79. The maximum absolute atomic E-state index is 13.1. The minimum atomic E-state index is -0.404. The van der Waals surface area contributed by atoms with Gasteiger partial charge >= 0.3 is 5.56 Å². The standard InChI is InChI=1S/C19H13ClFN5O2S/c20-14-3-1-2-4-15(14)22-16(27)11-29-19-24-23-17-18(28)25(9-10-26(17)19)13-7-5-12(21)6-8-13/h1-10H,11H2,(H,22,27). The topological polar surface area (TPSA) is 81.3 Å². The van der Waals surface area contributed by atoms with Crippen molar-refractivity contribution in [1.82, 2.24) is 19.2 Å². The van der Waals surface area contributed by atoms with E-state index in [0.29, 0.717) is 21.6 Å². The number of carbonyl (C=O) groups excluding carboxylic acids is 1. The second-order valence-electron chi connectivity index (χ2n) is 5.94. The predicted octanol–water partition coefficient (Wildman–Crippen LogP) is 3.40. The Morgan fingerprint density at radius 3 is 2.62 bits per heavy atom. The maximum atomic E-state index is 13.1. The molecule has 4 rings (SSSR count). The fraction of sp³-hybridized carbons (Fsp3) is 0.0526. The van der Waals surface area contributed by atoms with E-state index in [1.807, 2.05) is 0 Å². The van der Waals surface area contributed by atoms with Gasteiger partial charge in [0.2, 0.25) is 11.6 Å². The Morgan fingerprint density at radius 1 is 1.10 bits per heavy atom. The third-order valence-corrected chi connectivity index (χ3v) is 5.30. The molecule has 10 heteroatoms. The third-order valence-electron chi connectivity index (χ3n) is 4.02. The Labute approximate surface area is 173 Å². The Bertz CT molecular complexity index is 1260. The quantitative estimate of drug-likeness (QED) is 0.492. The van der Waals surface area contributed by atoms with Gasteiger partial charge in [0.05, 0.1) is 16.5 Å². The van der Waals surface area contributed by atoms with Gasteiger partial charge in [0.1, 0.15) is 5.82 Å². The van der Waals surface area contributed by atoms with Crippen LogP contribution in [0.25, 0.3) is 11.3 Å². The van der Waals surface area contributed by atoms with E-state index in [4.69, 9.17) is 11.6 Å². The summed E-state index contributed by atoms with van der Waals surface area (Å²) in [6.07, 6.45) is 3.16. The van der Waals surface area contributed by atoms with Crippen molar-refractivity contribution >= 4 is 40.6 Å². The van der Waals surface area contributed by atoms with Crippen molar-refractivity contribution in [3.05, 3.63) is 82.1 Å². The van der Waals surface area contributed by atoms with Crippen LogP contribution < -0.4 is 10.9 Å². The zero-order valence-electron chi connectivity index (χ0n) is 14.8. The van der Waals surface area contributed by atoms with Gasteiger partial charge in [-0.25, -0.2) is 4.39 Å². The van der Waals surface area contributed by atoms with Gasteiger partial charge in [-0.1, -0.05) is 35.5 Å². The lowest BCUT2D eigenvalue weighted by atomic mass is 10.3. The molecular weight excluding hydrogens is 417 g/mol. The van der Waals surface area contributed by atoms with Crippen LogP contribution in [0, 0.1) is 5.82 Å². The van der Waals surface area contributed by atoms with Crippen LogP contribution in [0.4, 0.5) is 10.1 Å². The monoisotopic (exact) mass is 429 g/mol. The summed E-state index contributed by atoms with van der Waals surface area (Å²) in [6, 6.07) is 12.5. The van der Waals surface area contributed by atoms with Gasteiger partial charge in [-0.3, -0.25) is 18.6 Å². The molecule has 0 radical (unpaired) electrons. The Morgan fingerprint density at radius 2 is 1.86 bits per heavy atom. The van der Waals surface area contributed by atoms with Crippen molar-refractivity contribution in [2.45, 2.75) is 5.16 Å². The van der Waals surface area contributed by atoms with Crippen LogP contribution in [0.3, 0.4) is 0 Å². The largest absolute Gasteiger partial charge is 0.324 e. The van der Waals surface area contributed by atoms with Gasteiger partial charge in [0.25, 0.3) is 0 Å². The highest BCUT2D eigenvalue weighted by molar-refractivity contribution is 7.99. The Balaban J connectivity index is 1.53.